The topological polar surface area (TPSA) is 50.2 Å². The largest absolute Gasteiger partial charge is 0.355 e. The molecule has 6 heteroatoms. The second-order valence-corrected chi connectivity index (χ2v) is 6.60. The molecule has 0 aliphatic heterocycles. The Hall–Kier alpha value is -1.79. The highest BCUT2D eigenvalue weighted by molar-refractivity contribution is 7.99. The van der Waals surface area contributed by atoms with E-state index >= 15 is 0 Å². The van der Waals surface area contributed by atoms with Gasteiger partial charge in [-0.1, -0.05) is 30.0 Å². The van der Waals surface area contributed by atoms with Crippen molar-refractivity contribution in [1.82, 2.24) is 19.8 Å². The second-order valence-electron chi connectivity index (χ2n) is 5.66. The molecule has 5 nitrogen and oxygen atoms in total. The Bertz CT molecular complexity index is 639. The predicted molar refractivity (Wildman–Crippen MR) is 95.2 cm³/mol. The number of amides is 1. The standard InChI is InChI=1S/C17H24N4OS/c1-14-7-4-5-8-15(14)21-12-10-19-17(21)23-13-16(22)18-9-6-11-20(2)3/h4-5,7-8,10,12H,6,9,11,13H2,1-3H3,(H,18,22). The van der Waals surface area contributed by atoms with E-state index in [1.54, 1.807) is 6.20 Å². The average molecular weight is 332 g/mol. The minimum Gasteiger partial charge on any atom is -0.355 e. The van der Waals surface area contributed by atoms with Gasteiger partial charge in [-0.2, -0.15) is 0 Å². The van der Waals surface area contributed by atoms with E-state index in [1.165, 1.54) is 17.3 Å². The molecule has 2 rings (SSSR count). The number of imidazole rings is 1. The number of hydrogen-bond acceptors (Lipinski definition) is 4. The Balaban J connectivity index is 1.86. The molecule has 1 amide bonds. The van der Waals surface area contributed by atoms with Crippen molar-refractivity contribution in [2.24, 2.45) is 0 Å². The quantitative estimate of drug-likeness (QED) is 0.595. The zero-order valence-corrected chi connectivity index (χ0v) is 14.8. The van der Waals surface area contributed by atoms with Gasteiger partial charge >= 0.3 is 0 Å². The molecular weight excluding hydrogens is 308 g/mol. The molecular formula is C17H24N4OS. The smallest absolute Gasteiger partial charge is 0.230 e. The lowest BCUT2D eigenvalue weighted by atomic mass is 10.2. The molecule has 1 aromatic carbocycles. The van der Waals surface area contributed by atoms with Crippen molar-refractivity contribution < 1.29 is 4.79 Å². The lowest BCUT2D eigenvalue weighted by molar-refractivity contribution is -0.118. The zero-order valence-electron chi connectivity index (χ0n) is 14.0. The maximum absolute atomic E-state index is 11.9. The van der Waals surface area contributed by atoms with Gasteiger partial charge in [0, 0.05) is 18.9 Å². The molecule has 0 spiro atoms. The molecule has 0 fully saturated rings. The summed E-state index contributed by atoms with van der Waals surface area (Å²) in [6.07, 6.45) is 4.66. The number of hydrogen-bond donors (Lipinski definition) is 1. The molecule has 1 aromatic heterocycles. The van der Waals surface area contributed by atoms with Crippen LogP contribution in [0.4, 0.5) is 0 Å². The van der Waals surface area contributed by atoms with Crippen molar-refractivity contribution >= 4 is 17.7 Å². The van der Waals surface area contributed by atoms with Crippen LogP contribution < -0.4 is 5.32 Å². The average Bonchev–Trinajstić information content (AvgIpc) is 2.98. The summed E-state index contributed by atoms with van der Waals surface area (Å²) in [7, 11) is 4.06. The number of aromatic nitrogens is 2. The zero-order chi connectivity index (χ0) is 16.7. The van der Waals surface area contributed by atoms with Crippen LogP contribution in [0.15, 0.2) is 41.8 Å². The Labute approximate surface area is 142 Å². The van der Waals surface area contributed by atoms with Crippen molar-refractivity contribution in [3.63, 3.8) is 0 Å². The monoisotopic (exact) mass is 332 g/mol. The maximum Gasteiger partial charge on any atom is 0.230 e. The van der Waals surface area contributed by atoms with Crippen molar-refractivity contribution in [2.45, 2.75) is 18.5 Å². The molecule has 0 unspecified atom stereocenters. The lowest BCUT2D eigenvalue weighted by Gasteiger charge is -2.11. The van der Waals surface area contributed by atoms with Gasteiger partial charge in [0.1, 0.15) is 0 Å². The van der Waals surface area contributed by atoms with Gasteiger partial charge in [0.05, 0.1) is 11.4 Å². The van der Waals surface area contributed by atoms with Gasteiger partial charge < -0.3 is 10.2 Å². The first kappa shape index (κ1) is 17.6. The number of thioether (sulfide) groups is 1. The molecule has 0 aliphatic rings. The maximum atomic E-state index is 11.9. The minimum absolute atomic E-state index is 0.0492. The van der Waals surface area contributed by atoms with Crippen molar-refractivity contribution in [3.05, 3.63) is 42.2 Å². The SMILES string of the molecule is Cc1ccccc1-n1ccnc1SCC(=O)NCCCN(C)C. The number of nitrogens with one attached hydrogen (secondary N) is 1. The summed E-state index contributed by atoms with van der Waals surface area (Å²) in [6, 6.07) is 8.15. The summed E-state index contributed by atoms with van der Waals surface area (Å²) >= 11 is 1.46. The summed E-state index contributed by atoms with van der Waals surface area (Å²) in [5.41, 5.74) is 2.28. The van der Waals surface area contributed by atoms with Crippen LogP contribution in [0.25, 0.3) is 5.69 Å². The van der Waals surface area contributed by atoms with E-state index < -0.39 is 0 Å². The van der Waals surface area contributed by atoms with Gasteiger partial charge in [-0.05, 0) is 45.6 Å². The first-order valence-electron chi connectivity index (χ1n) is 7.71. The Morgan fingerprint density at radius 2 is 2.13 bits per heavy atom. The molecule has 2 aromatic rings. The van der Waals surface area contributed by atoms with E-state index in [0.29, 0.717) is 12.3 Å². The van der Waals surface area contributed by atoms with Crippen molar-refractivity contribution in [2.75, 3.05) is 32.9 Å². The summed E-state index contributed by atoms with van der Waals surface area (Å²) < 4.78 is 2.03. The predicted octanol–water partition coefficient (Wildman–Crippen LogP) is 2.34. The molecule has 0 saturated carbocycles. The normalized spacial score (nSPS) is 11.0. The molecule has 1 heterocycles. The van der Waals surface area contributed by atoms with E-state index in [2.05, 4.69) is 34.3 Å². The number of nitrogens with zero attached hydrogens (tertiary/aromatic N) is 3. The Morgan fingerprint density at radius 3 is 2.87 bits per heavy atom. The van der Waals surface area contributed by atoms with Gasteiger partial charge in [0.2, 0.25) is 5.91 Å². The van der Waals surface area contributed by atoms with Crippen LogP contribution in [0, 0.1) is 6.92 Å². The fourth-order valence-corrected chi connectivity index (χ4v) is 3.01. The number of aryl methyl sites for hydroxylation is 1. The number of carbonyl (C=O) groups is 1. The molecule has 0 radical (unpaired) electrons. The highest BCUT2D eigenvalue weighted by Gasteiger charge is 2.10. The van der Waals surface area contributed by atoms with Gasteiger partial charge in [-0.3, -0.25) is 9.36 Å². The fraction of sp³-hybridized carbons (Fsp3) is 0.412. The first-order valence-corrected chi connectivity index (χ1v) is 8.70. The number of para-hydroxylation sites is 1. The van der Waals surface area contributed by atoms with Crippen LogP contribution in [-0.4, -0.2) is 53.3 Å². The molecule has 0 saturated heterocycles. The third kappa shape index (κ3) is 5.41. The number of carbonyl (C=O) groups excluding carboxylic acids is 1. The summed E-state index contributed by atoms with van der Waals surface area (Å²) in [6.45, 7) is 3.76. The Kier molecular flexibility index (Phi) is 6.67. The van der Waals surface area contributed by atoms with E-state index in [0.717, 1.165) is 23.8 Å². The van der Waals surface area contributed by atoms with Crippen LogP contribution in [0.5, 0.6) is 0 Å². The second kappa shape index (κ2) is 8.74. The van der Waals surface area contributed by atoms with Crippen molar-refractivity contribution in [3.8, 4) is 5.69 Å². The fourth-order valence-electron chi connectivity index (χ4n) is 2.22. The van der Waals surface area contributed by atoms with Crippen LogP contribution in [0.3, 0.4) is 0 Å². The molecule has 0 aliphatic carbocycles. The number of rotatable bonds is 8. The van der Waals surface area contributed by atoms with E-state index in [-0.39, 0.29) is 5.91 Å². The molecule has 124 valence electrons. The van der Waals surface area contributed by atoms with Crippen LogP contribution in [0.1, 0.15) is 12.0 Å². The van der Waals surface area contributed by atoms with Crippen LogP contribution >= 0.6 is 11.8 Å². The van der Waals surface area contributed by atoms with E-state index in [1.807, 2.05) is 37.0 Å². The molecule has 0 bridgehead atoms. The van der Waals surface area contributed by atoms with E-state index in [9.17, 15) is 4.79 Å². The molecule has 23 heavy (non-hydrogen) atoms. The van der Waals surface area contributed by atoms with Gasteiger partial charge in [-0.15, -0.1) is 0 Å². The lowest BCUT2D eigenvalue weighted by Crippen LogP contribution is -2.28. The Morgan fingerprint density at radius 1 is 1.35 bits per heavy atom. The van der Waals surface area contributed by atoms with Gasteiger partial charge in [0.15, 0.2) is 5.16 Å². The number of benzene rings is 1. The third-order valence-corrected chi connectivity index (χ3v) is 4.39. The van der Waals surface area contributed by atoms with Gasteiger partial charge in [0.25, 0.3) is 0 Å². The first-order chi connectivity index (χ1) is 11.1. The minimum atomic E-state index is 0.0492. The highest BCUT2D eigenvalue weighted by Crippen LogP contribution is 2.22. The van der Waals surface area contributed by atoms with Crippen molar-refractivity contribution in [1.29, 1.82) is 0 Å². The molecule has 0 atom stereocenters. The van der Waals surface area contributed by atoms with Gasteiger partial charge in [-0.25, -0.2) is 4.98 Å². The summed E-state index contributed by atoms with van der Waals surface area (Å²) in [5.74, 6) is 0.429. The summed E-state index contributed by atoms with van der Waals surface area (Å²) in [5, 5.41) is 3.78. The van der Waals surface area contributed by atoms with Crippen LogP contribution in [0.2, 0.25) is 0 Å². The molecule has 1 N–H and O–H groups in total. The third-order valence-electron chi connectivity index (χ3n) is 3.42. The van der Waals surface area contributed by atoms with Crippen LogP contribution in [-0.2, 0) is 4.79 Å². The summed E-state index contributed by atoms with van der Waals surface area (Å²) in [4.78, 5) is 18.4. The van der Waals surface area contributed by atoms with E-state index in [4.69, 9.17) is 0 Å². The highest BCUT2D eigenvalue weighted by atomic mass is 32.2.